The maximum absolute atomic E-state index is 12.3. The third-order valence-corrected chi connectivity index (χ3v) is 4.76. The second kappa shape index (κ2) is 7.97. The van der Waals surface area contributed by atoms with Crippen molar-refractivity contribution in [2.45, 2.75) is 25.4 Å². The van der Waals surface area contributed by atoms with Crippen molar-refractivity contribution >= 4 is 17.8 Å². The molecule has 1 aromatic rings. The van der Waals surface area contributed by atoms with Gasteiger partial charge >= 0.3 is 6.03 Å². The highest BCUT2D eigenvalue weighted by Crippen LogP contribution is 2.14. The second-order valence-electron chi connectivity index (χ2n) is 6.48. The van der Waals surface area contributed by atoms with E-state index in [-0.39, 0.29) is 18.2 Å². The van der Waals surface area contributed by atoms with Gasteiger partial charge in [0, 0.05) is 39.1 Å². The molecule has 2 N–H and O–H groups in total. The van der Waals surface area contributed by atoms with Gasteiger partial charge < -0.3 is 10.2 Å². The molecule has 2 heterocycles. The number of imide groups is 1. The van der Waals surface area contributed by atoms with Crippen LogP contribution in [0.2, 0.25) is 0 Å². The van der Waals surface area contributed by atoms with Gasteiger partial charge in [-0.3, -0.25) is 19.8 Å². The number of piperazine rings is 1. The number of hydrogen-bond acceptors (Lipinski definition) is 5. The summed E-state index contributed by atoms with van der Waals surface area (Å²) in [4.78, 5) is 38.9. The number of nitriles is 1. The Labute approximate surface area is 151 Å². The van der Waals surface area contributed by atoms with Crippen molar-refractivity contribution in [1.82, 2.24) is 20.4 Å². The largest absolute Gasteiger partial charge is 0.340 e. The first kappa shape index (κ1) is 17.9. The molecule has 3 rings (SSSR count). The standard InChI is InChI=1S/C18H21N5O3/c19-11-13-3-1-2-4-14(13)12-22-7-9-23(10-8-22)16(24)6-5-15-17(25)21-18(26)20-15/h1-4,15H,5-10,12H2,(H2,20,21,25,26)/t15-/m0/s1. The van der Waals surface area contributed by atoms with Crippen LogP contribution in [0.3, 0.4) is 0 Å². The molecule has 2 saturated heterocycles. The predicted molar refractivity (Wildman–Crippen MR) is 92.7 cm³/mol. The quantitative estimate of drug-likeness (QED) is 0.734. The molecule has 136 valence electrons. The fourth-order valence-corrected chi connectivity index (χ4v) is 3.25. The highest BCUT2D eigenvalue weighted by Gasteiger charge is 2.30. The van der Waals surface area contributed by atoms with Crippen LogP contribution in [0.25, 0.3) is 0 Å². The van der Waals surface area contributed by atoms with Crippen LogP contribution in [-0.4, -0.2) is 59.9 Å². The maximum atomic E-state index is 12.3. The number of nitrogens with zero attached hydrogens (tertiary/aromatic N) is 3. The lowest BCUT2D eigenvalue weighted by atomic mass is 10.1. The smallest absolute Gasteiger partial charge is 0.322 e. The van der Waals surface area contributed by atoms with E-state index in [4.69, 9.17) is 0 Å². The van der Waals surface area contributed by atoms with E-state index < -0.39 is 12.1 Å². The van der Waals surface area contributed by atoms with Crippen molar-refractivity contribution in [3.63, 3.8) is 0 Å². The number of carbonyl (C=O) groups is 3. The lowest BCUT2D eigenvalue weighted by Crippen LogP contribution is -2.48. The topological polar surface area (TPSA) is 106 Å². The number of amides is 4. The van der Waals surface area contributed by atoms with Gasteiger partial charge in [0.2, 0.25) is 5.91 Å². The fraction of sp³-hybridized carbons (Fsp3) is 0.444. The van der Waals surface area contributed by atoms with Crippen molar-refractivity contribution in [2.75, 3.05) is 26.2 Å². The Balaban J connectivity index is 1.44. The first-order chi connectivity index (χ1) is 12.6. The highest BCUT2D eigenvalue weighted by atomic mass is 16.2. The molecule has 26 heavy (non-hydrogen) atoms. The van der Waals surface area contributed by atoms with Crippen LogP contribution in [0.15, 0.2) is 24.3 Å². The lowest BCUT2D eigenvalue weighted by molar-refractivity contribution is -0.133. The van der Waals surface area contributed by atoms with Crippen molar-refractivity contribution in [2.24, 2.45) is 0 Å². The minimum atomic E-state index is -0.616. The van der Waals surface area contributed by atoms with E-state index >= 15 is 0 Å². The molecule has 0 aliphatic carbocycles. The third-order valence-electron chi connectivity index (χ3n) is 4.76. The van der Waals surface area contributed by atoms with Crippen LogP contribution in [0.1, 0.15) is 24.0 Å². The van der Waals surface area contributed by atoms with Crippen molar-refractivity contribution in [3.05, 3.63) is 35.4 Å². The number of carbonyl (C=O) groups excluding carboxylic acids is 3. The third kappa shape index (κ3) is 4.18. The summed E-state index contributed by atoms with van der Waals surface area (Å²) in [6.45, 7) is 3.42. The van der Waals surface area contributed by atoms with Crippen LogP contribution in [0.4, 0.5) is 4.79 Å². The average molecular weight is 355 g/mol. The van der Waals surface area contributed by atoms with E-state index in [9.17, 15) is 19.6 Å². The van der Waals surface area contributed by atoms with Crippen molar-refractivity contribution in [3.8, 4) is 6.07 Å². The monoisotopic (exact) mass is 355 g/mol. The van der Waals surface area contributed by atoms with E-state index in [1.807, 2.05) is 24.3 Å². The number of rotatable bonds is 5. The summed E-state index contributed by atoms with van der Waals surface area (Å²) < 4.78 is 0. The normalized spacial score (nSPS) is 20.4. The van der Waals surface area contributed by atoms with Crippen LogP contribution in [-0.2, 0) is 16.1 Å². The van der Waals surface area contributed by atoms with Gasteiger partial charge in [0.25, 0.3) is 5.91 Å². The molecule has 0 saturated carbocycles. The summed E-state index contributed by atoms with van der Waals surface area (Å²) in [6.07, 6.45) is 0.543. The Morgan fingerprint density at radius 2 is 1.92 bits per heavy atom. The molecule has 8 nitrogen and oxygen atoms in total. The van der Waals surface area contributed by atoms with Gasteiger partial charge in [-0.05, 0) is 18.1 Å². The molecular formula is C18H21N5O3. The summed E-state index contributed by atoms with van der Waals surface area (Å²) >= 11 is 0. The second-order valence-corrected chi connectivity index (χ2v) is 6.48. The first-order valence-electron chi connectivity index (χ1n) is 8.66. The van der Waals surface area contributed by atoms with Crippen LogP contribution >= 0.6 is 0 Å². The molecule has 1 aromatic carbocycles. The molecule has 2 aliphatic rings. The molecule has 0 unspecified atom stereocenters. The Kier molecular flexibility index (Phi) is 5.49. The zero-order valence-electron chi connectivity index (χ0n) is 14.4. The maximum Gasteiger partial charge on any atom is 0.322 e. The molecule has 0 aromatic heterocycles. The van der Waals surface area contributed by atoms with E-state index in [1.165, 1.54) is 0 Å². The first-order valence-corrected chi connectivity index (χ1v) is 8.66. The Morgan fingerprint density at radius 1 is 1.19 bits per heavy atom. The van der Waals surface area contributed by atoms with E-state index in [1.54, 1.807) is 4.90 Å². The molecule has 8 heteroatoms. The summed E-state index contributed by atoms with van der Waals surface area (Å²) in [5, 5.41) is 13.8. The Hall–Kier alpha value is -2.92. The van der Waals surface area contributed by atoms with Crippen molar-refractivity contribution < 1.29 is 14.4 Å². The SMILES string of the molecule is N#Cc1ccccc1CN1CCN(C(=O)CC[C@@H]2NC(=O)NC2=O)CC1. The van der Waals surface area contributed by atoms with E-state index in [0.717, 1.165) is 18.7 Å². The van der Waals surface area contributed by atoms with E-state index in [0.29, 0.717) is 31.6 Å². The summed E-state index contributed by atoms with van der Waals surface area (Å²) in [5.74, 6) is -0.375. The van der Waals surface area contributed by atoms with Crippen LogP contribution in [0, 0.1) is 11.3 Å². The van der Waals surface area contributed by atoms with Gasteiger partial charge in [-0.2, -0.15) is 5.26 Å². The predicted octanol–water partition coefficient (Wildman–Crippen LogP) is 0.191. The summed E-state index contributed by atoms with van der Waals surface area (Å²) in [5.41, 5.74) is 1.68. The number of nitrogens with one attached hydrogen (secondary N) is 2. The minimum absolute atomic E-state index is 0.00368. The fourth-order valence-electron chi connectivity index (χ4n) is 3.25. The summed E-state index contributed by atoms with van der Waals surface area (Å²) in [7, 11) is 0. The number of urea groups is 1. The highest BCUT2D eigenvalue weighted by molar-refractivity contribution is 6.04. The molecule has 1 atom stereocenters. The molecule has 2 aliphatic heterocycles. The van der Waals surface area contributed by atoms with Gasteiger partial charge in [0.05, 0.1) is 11.6 Å². The molecule has 0 spiro atoms. The van der Waals surface area contributed by atoms with Crippen molar-refractivity contribution in [1.29, 1.82) is 5.26 Å². The van der Waals surface area contributed by atoms with Gasteiger partial charge in [-0.1, -0.05) is 18.2 Å². The zero-order valence-corrected chi connectivity index (χ0v) is 14.4. The molecule has 4 amide bonds. The molecular weight excluding hydrogens is 334 g/mol. The number of hydrogen-bond donors (Lipinski definition) is 2. The Morgan fingerprint density at radius 3 is 2.58 bits per heavy atom. The van der Waals surface area contributed by atoms with Crippen LogP contribution < -0.4 is 10.6 Å². The Bertz CT molecular complexity index is 749. The van der Waals surface area contributed by atoms with Gasteiger partial charge in [0.1, 0.15) is 6.04 Å². The zero-order chi connectivity index (χ0) is 18.5. The average Bonchev–Trinajstić information content (AvgIpc) is 2.98. The lowest BCUT2D eigenvalue weighted by Gasteiger charge is -2.35. The van der Waals surface area contributed by atoms with Gasteiger partial charge in [0.15, 0.2) is 0 Å². The molecule has 0 bridgehead atoms. The number of benzene rings is 1. The van der Waals surface area contributed by atoms with Gasteiger partial charge in [-0.15, -0.1) is 0 Å². The van der Waals surface area contributed by atoms with E-state index in [2.05, 4.69) is 21.6 Å². The molecule has 0 radical (unpaired) electrons. The molecule has 2 fully saturated rings. The summed E-state index contributed by atoms with van der Waals surface area (Å²) in [6, 6.07) is 8.64. The van der Waals surface area contributed by atoms with Crippen LogP contribution in [0.5, 0.6) is 0 Å². The minimum Gasteiger partial charge on any atom is -0.340 e. The van der Waals surface area contributed by atoms with Gasteiger partial charge in [-0.25, -0.2) is 4.79 Å².